The van der Waals surface area contributed by atoms with Gasteiger partial charge in [-0.15, -0.1) is 11.3 Å². The lowest BCUT2D eigenvalue weighted by atomic mass is 9.82. The number of para-hydroxylation sites is 2. The molecular weight excluding hydrogens is 494 g/mol. The molecule has 0 aliphatic heterocycles. The fourth-order valence-corrected chi connectivity index (χ4v) is 7.40. The molecule has 0 saturated heterocycles. The summed E-state index contributed by atoms with van der Waals surface area (Å²) in [7, 11) is 0. The van der Waals surface area contributed by atoms with E-state index in [2.05, 4.69) is 103 Å². The SMILES string of the molecule is [2H]C([2H])([2H])c1ccc2c(n1)sc1ccc(-c3nc4ccccc4n3-c3cc4c(cc3C)-c3ccccc3C4(C)C)cc12. The van der Waals surface area contributed by atoms with Crippen molar-refractivity contribution in [1.29, 1.82) is 0 Å². The summed E-state index contributed by atoms with van der Waals surface area (Å²) in [6.07, 6.45) is 0. The quantitative estimate of drug-likeness (QED) is 0.225. The van der Waals surface area contributed by atoms with E-state index < -0.39 is 6.85 Å². The molecule has 0 atom stereocenters. The van der Waals surface area contributed by atoms with Gasteiger partial charge in [-0.3, -0.25) is 4.57 Å². The van der Waals surface area contributed by atoms with Gasteiger partial charge in [0.15, 0.2) is 0 Å². The number of pyridine rings is 1. The minimum absolute atomic E-state index is 0.111. The lowest BCUT2D eigenvalue weighted by Crippen LogP contribution is -2.15. The van der Waals surface area contributed by atoms with Crippen molar-refractivity contribution in [3.05, 3.63) is 113 Å². The predicted molar refractivity (Wildman–Crippen MR) is 164 cm³/mol. The summed E-state index contributed by atoms with van der Waals surface area (Å²) in [5.74, 6) is 0.876. The average molecular weight is 525 g/mol. The number of fused-ring (bicyclic) bond motifs is 7. The smallest absolute Gasteiger partial charge is 0.145 e. The maximum atomic E-state index is 7.78. The molecule has 0 radical (unpaired) electrons. The van der Waals surface area contributed by atoms with E-state index in [1.54, 1.807) is 6.07 Å². The lowest BCUT2D eigenvalue weighted by Gasteiger charge is -2.23. The molecule has 188 valence electrons. The average Bonchev–Trinajstić information content (AvgIpc) is 3.60. The summed E-state index contributed by atoms with van der Waals surface area (Å²) in [5.41, 5.74) is 10.6. The number of aryl methyl sites for hydroxylation is 2. The van der Waals surface area contributed by atoms with E-state index in [9.17, 15) is 0 Å². The van der Waals surface area contributed by atoms with Crippen molar-refractivity contribution in [3.63, 3.8) is 0 Å². The molecular formula is C35H27N3S. The monoisotopic (exact) mass is 524 g/mol. The summed E-state index contributed by atoms with van der Waals surface area (Å²) in [4.78, 5) is 10.4. The highest BCUT2D eigenvalue weighted by Gasteiger charge is 2.36. The Labute approximate surface area is 235 Å². The summed E-state index contributed by atoms with van der Waals surface area (Å²) in [6, 6.07) is 31.6. The molecule has 0 spiro atoms. The van der Waals surface area contributed by atoms with Crippen LogP contribution < -0.4 is 0 Å². The van der Waals surface area contributed by atoms with E-state index in [1.807, 2.05) is 12.1 Å². The molecule has 0 unspecified atom stereocenters. The summed E-state index contributed by atoms with van der Waals surface area (Å²) in [5, 5.41) is 2.01. The fraction of sp³-hybridized carbons (Fsp3) is 0.143. The second-order valence-corrected chi connectivity index (χ2v) is 12.0. The van der Waals surface area contributed by atoms with Gasteiger partial charge in [0.05, 0.1) is 16.7 Å². The Balaban J connectivity index is 1.36. The van der Waals surface area contributed by atoms with Crippen LogP contribution in [0.1, 0.15) is 40.3 Å². The zero-order valence-electron chi connectivity index (χ0n) is 24.9. The van der Waals surface area contributed by atoms with Gasteiger partial charge in [-0.25, -0.2) is 9.97 Å². The van der Waals surface area contributed by atoms with Gasteiger partial charge in [-0.1, -0.05) is 50.2 Å². The number of imidazole rings is 1. The van der Waals surface area contributed by atoms with E-state index in [0.717, 1.165) is 48.4 Å². The Bertz CT molecular complexity index is 2240. The topological polar surface area (TPSA) is 30.7 Å². The van der Waals surface area contributed by atoms with Crippen molar-refractivity contribution in [3.8, 4) is 28.2 Å². The third-order valence-corrected chi connectivity index (χ3v) is 9.38. The minimum Gasteiger partial charge on any atom is -0.292 e. The van der Waals surface area contributed by atoms with E-state index in [1.165, 1.54) is 39.2 Å². The number of aromatic nitrogens is 3. The van der Waals surface area contributed by atoms with Crippen molar-refractivity contribution >= 4 is 42.7 Å². The zero-order chi connectivity index (χ0) is 29.0. The van der Waals surface area contributed by atoms with Crippen LogP contribution in [0.4, 0.5) is 0 Å². The van der Waals surface area contributed by atoms with Crippen LogP contribution in [0.15, 0.2) is 91.0 Å². The molecule has 3 aromatic heterocycles. The Kier molecular flexibility index (Phi) is 3.98. The summed E-state index contributed by atoms with van der Waals surface area (Å²) in [6.45, 7) is 4.58. The first-order valence-electron chi connectivity index (χ1n) is 14.7. The van der Waals surface area contributed by atoms with Gasteiger partial charge in [0.2, 0.25) is 0 Å². The van der Waals surface area contributed by atoms with E-state index in [4.69, 9.17) is 9.10 Å². The highest BCUT2D eigenvalue weighted by atomic mass is 32.1. The Morgan fingerprint density at radius 2 is 1.64 bits per heavy atom. The molecule has 3 heterocycles. The number of hydrogen-bond acceptors (Lipinski definition) is 3. The summed E-state index contributed by atoms with van der Waals surface area (Å²) >= 11 is 1.52. The van der Waals surface area contributed by atoms with Gasteiger partial charge < -0.3 is 0 Å². The molecule has 3 nitrogen and oxygen atoms in total. The van der Waals surface area contributed by atoms with Crippen molar-refractivity contribution in [1.82, 2.24) is 14.5 Å². The van der Waals surface area contributed by atoms with Gasteiger partial charge >= 0.3 is 0 Å². The van der Waals surface area contributed by atoms with Crippen LogP contribution in [0.3, 0.4) is 0 Å². The lowest BCUT2D eigenvalue weighted by molar-refractivity contribution is 0.659. The third kappa shape index (κ3) is 3.15. The van der Waals surface area contributed by atoms with Crippen LogP contribution in [0.5, 0.6) is 0 Å². The maximum absolute atomic E-state index is 7.78. The second-order valence-electron chi connectivity index (χ2n) is 11.0. The Morgan fingerprint density at radius 3 is 2.54 bits per heavy atom. The minimum atomic E-state index is -2.23. The van der Waals surface area contributed by atoms with Gasteiger partial charge in [0.1, 0.15) is 10.7 Å². The molecule has 0 bridgehead atoms. The second kappa shape index (κ2) is 7.87. The van der Waals surface area contributed by atoms with Crippen molar-refractivity contribution in [2.75, 3.05) is 0 Å². The first kappa shape index (κ1) is 19.7. The third-order valence-electron chi connectivity index (χ3n) is 8.30. The Morgan fingerprint density at radius 1 is 0.795 bits per heavy atom. The standard InChI is InChI=1S/C35H27N3S/c1-20-17-25-23-9-5-6-10-27(23)35(3,4)28(25)19-31(20)38-30-12-8-7-11-29(30)37-33(38)22-14-16-32-26(18-22)24-15-13-21(2)36-34(24)39-32/h5-19H,1-4H3/i2D3. The molecule has 0 fully saturated rings. The molecule has 8 rings (SSSR count). The van der Waals surface area contributed by atoms with E-state index in [-0.39, 0.29) is 11.1 Å². The number of benzene rings is 4. The van der Waals surface area contributed by atoms with Crippen LogP contribution in [-0.4, -0.2) is 14.5 Å². The van der Waals surface area contributed by atoms with Crippen molar-refractivity contribution in [2.45, 2.75) is 33.0 Å². The molecule has 0 saturated carbocycles. The largest absolute Gasteiger partial charge is 0.292 e. The van der Waals surface area contributed by atoms with Gasteiger partial charge in [0.25, 0.3) is 0 Å². The van der Waals surface area contributed by atoms with Crippen molar-refractivity contribution in [2.24, 2.45) is 0 Å². The molecule has 1 aliphatic carbocycles. The molecule has 4 aromatic carbocycles. The number of nitrogens with zero attached hydrogens (tertiary/aromatic N) is 3. The van der Waals surface area contributed by atoms with Crippen LogP contribution >= 0.6 is 11.3 Å². The van der Waals surface area contributed by atoms with Crippen LogP contribution in [0.2, 0.25) is 0 Å². The van der Waals surface area contributed by atoms with Crippen LogP contribution in [-0.2, 0) is 5.41 Å². The maximum Gasteiger partial charge on any atom is 0.145 e. The molecule has 39 heavy (non-hydrogen) atoms. The fourth-order valence-electron chi connectivity index (χ4n) is 6.34. The summed E-state index contributed by atoms with van der Waals surface area (Å²) < 4.78 is 26.7. The van der Waals surface area contributed by atoms with E-state index >= 15 is 0 Å². The first-order valence-corrected chi connectivity index (χ1v) is 14.0. The van der Waals surface area contributed by atoms with Gasteiger partial charge in [0, 0.05) is 36.3 Å². The predicted octanol–water partition coefficient (Wildman–Crippen LogP) is 9.38. The van der Waals surface area contributed by atoms with Crippen molar-refractivity contribution < 1.29 is 4.11 Å². The van der Waals surface area contributed by atoms with Gasteiger partial charge in [-0.2, -0.15) is 0 Å². The molecule has 4 heteroatoms. The molecule has 7 aromatic rings. The first-order chi connectivity index (χ1) is 20.1. The van der Waals surface area contributed by atoms with Gasteiger partial charge in [-0.05, 0) is 96.2 Å². The molecule has 0 amide bonds. The highest BCUT2D eigenvalue weighted by molar-refractivity contribution is 7.25. The Hall–Kier alpha value is -4.28. The van der Waals surface area contributed by atoms with Crippen LogP contribution in [0.25, 0.3) is 59.5 Å². The normalized spacial score (nSPS) is 15.3. The zero-order valence-corrected chi connectivity index (χ0v) is 22.7. The highest BCUT2D eigenvalue weighted by Crippen LogP contribution is 2.50. The molecule has 1 aliphatic rings. The number of rotatable bonds is 2. The van der Waals surface area contributed by atoms with Crippen LogP contribution in [0, 0.1) is 13.8 Å². The van der Waals surface area contributed by atoms with E-state index in [0.29, 0.717) is 0 Å². The number of hydrogen-bond donors (Lipinski definition) is 0. The molecule has 0 N–H and O–H groups in total. The number of thiophene rings is 1.